The van der Waals surface area contributed by atoms with Crippen molar-refractivity contribution in [3.63, 3.8) is 0 Å². The molecule has 0 radical (unpaired) electrons. The lowest BCUT2D eigenvalue weighted by Gasteiger charge is -2.27. The van der Waals surface area contributed by atoms with Crippen molar-refractivity contribution < 1.29 is 9.53 Å². The van der Waals surface area contributed by atoms with E-state index < -0.39 is 0 Å². The van der Waals surface area contributed by atoms with Crippen molar-refractivity contribution in [2.45, 2.75) is 25.0 Å². The minimum Gasteiger partial charge on any atom is -0.378 e. The first-order valence-electron chi connectivity index (χ1n) is 8.72. The fraction of sp³-hybridized carbons (Fsp3) is 0.471. The number of carbonyl (C=O) groups excluding carboxylic acids is 1. The van der Waals surface area contributed by atoms with Crippen LogP contribution in [0.3, 0.4) is 0 Å². The smallest absolute Gasteiger partial charge is 0.228 e. The van der Waals surface area contributed by atoms with Crippen LogP contribution in [-0.4, -0.2) is 52.7 Å². The molecule has 0 spiro atoms. The van der Waals surface area contributed by atoms with E-state index in [9.17, 15) is 4.79 Å². The summed E-state index contributed by atoms with van der Waals surface area (Å²) in [7, 11) is 0. The average molecular weight is 430 g/mol. The van der Waals surface area contributed by atoms with Crippen molar-refractivity contribution in [1.82, 2.24) is 14.8 Å². The summed E-state index contributed by atoms with van der Waals surface area (Å²) in [5.41, 5.74) is 0.446. The number of nitrogens with zero attached hydrogens (tertiary/aromatic N) is 4. The number of hydrogen-bond donors (Lipinski definition) is 1. The molecule has 1 amide bonds. The third-order valence-electron chi connectivity index (χ3n) is 4.09. The maximum Gasteiger partial charge on any atom is 0.228 e. The molecular formula is C17H21Cl2N5O2S. The molecule has 146 valence electrons. The Morgan fingerprint density at radius 2 is 1.96 bits per heavy atom. The first-order valence-corrected chi connectivity index (χ1v) is 10.5. The molecule has 1 aliphatic heterocycles. The molecule has 1 aromatic heterocycles. The minimum absolute atomic E-state index is 0.145. The zero-order valence-corrected chi connectivity index (χ0v) is 17.3. The lowest BCUT2D eigenvalue weighted by atomic mass is 10.3. The quantitative estimate of drug-likeness (QED) is 0.678. The summed E-state index contributed by atoms with van der Waals surface area (Å²) in [6.45, 7) is 5.84. The molecule has 1 aliphatic rings. The van der Waals surface area contributed by atoms with E-state index in [2.05, 4.69) is 31.9 Å². The standard InChI is InChI=1S/C17H21Cl2N5O2S/c1-2-24-16(23-7-9-26-10-8-23)21-22-17(24)27-11-6-14(25)20-15-12(18)4-3-5-13(15)19/h3-5H,2,6-11H2,1H3,(H,20,25). The molecular weight excluding hydrogens is 409 g/mol. The second-order valence-corrected chi connectivity index (χ2v) is 7.75. The number of morpholine rings is 1. The topological polar surface area (TPSA) is 72.3 Å². The summed E-state index contributed by atoms with van der Waals surface area (Å²) in [4.78, 5) is 14.4. The van der Waals surface area contributed by atoms with Gasteiger partial charge in [-0.1, -0.05) is 41.0 Å². The zero-order chi connectivity index (χ0) is 19.2. The number of halogens is 2. The van der Waals surface area contributed by atoms with Gasteiger partial charge in [-0.05, 0) is 19.1 Å². The molecule has 27 heavy (non-hydrogen) atoms. The van der Waals surface area contributed by atoms with Crippen molar-refractivity contribution in [2.24, 2.45) is 0 Å². The van der Waals surface area contributed by atoms with Crippen molar-refractivity contribution in [1.29, 1.82) is 0 Å². The zero-order valence-electron chi connectivity index (χ0n) is 15.0. The first-order chi connectivity index (χ1) is 13.1. The normalized spacial score (nSPS) is 14.4. The van der Waals surface area contributed by atoms with E-state index in [1.807, 2.05) is 0 Å². The Kier molecular flexibility index (Phi) is 7.23. The van der Waals surface area contributed by atoms with Crippen molar-refractivity contribution in [2.75, 3.05) is 42.3 Å². The molecule has 1 saturated heterocycles. The number of amides is 1. The van der Waals surface area contributed by atoms with Gasteiger partial charge in [-0.25, -0.2) is 0 Å². The highest BCUT2D eigenvalue weighted by Crippen LogP contribution is 2.30. The fourth-order valence-electron chi connectivity index (χ4n) is 2.72. The van der Waals surface area contributed by atoms with Gasteiger partial charge in [0.1, 0.15) is 0 Å². The predicted molar refractivity (Wildman–Crippen MR) is 109 cm³/mol. The van der Waals surface area contributed by atoms with Crippen LogP contribution in [0.1, 0.15) is 13.3 Å². The Hall–Kier alpha value is -1.48. The fourth-order valence-corrected chi connectivity index (χ4v) is 4.14. The van der Waals surface area contributed by atoms with E-state index >= 15 is 0 Å². The van der Waals surface area contributed by atoms with E-state index in [0.717, 1.165) is 30.7 Å². The summed E-state index contributed by atoms with van der Waals surface area (Å²) in [6, 6.07) is 5.11. The maximum absolute atomic E-state index is 12.2. The molecule has 0 unspecified atom stereocenters. The molecule has 0 bridgehead atoms. The van der Waals surface area contributed by atoms with Gasteiger partial charge < -0.3 is 15.0 Å². The second-order valence-electron chi connectivity index (χ2n) is 5.87. The Balaban J connectivity index is 1.55. The molecule has 10 heteroatoms. The number of carbonyl (C=O) groups is 1. The number of benzene rings is 1. The molecule has 0 atom stereocenters. The number of hydrogen-bond acceptors (Lipinski definition) is 6. The molecule has 0 aliphatic carbocycles. The highest BCUT2D eigenvalue weighted by molar-refractivity contribution is 7.99. The van der Waals surface area contributed by atoms with Crippen LogP contribution in [0.5, 0.6) is 0 Å². The highest BCUT2D eigenvalue weighted by atomic mass is 35.5. The largest absolute Gasteiger partial charge is 0.378 e. The number of thioether (sulfide) groups is 1. The second kappa shape index (κ2) is 9.64. The highest BCUT2D eigenvalue weighted by Gasteiger charge is 2.20. The molecule has 0 saturated carbocycles. The van der Waals surface area contributed by atoms with Crippen LogP contribution < -0.4 is 10.2 Å². The summed E-state index contributed by atoms with van der Waals surface area (Å²) in [6.07, 6.45) is 0.315. The van der Waals surface area contributed by atoms with Crippen LogP contribution in [-0.2, 0) is 16.1 Å². The van der Waals surface area contributed by atoms with Crippen LogP contribution in [0.2, 0.25) is 10.0 Å². The number of aromatic nitrogens is 3. The summed E-state index contributed by atoms with van der Waals surface area (Å²) in [5, 5.41) is 13.0. The van der Waals surface area contributed by atoms with Gasteiger partial charge in [-0.15, -0.1) is 10.2 Å². The van der Waals surface area contributed by atoms with Crippen LogP contribution >= 0.6 is 35.0 Å². The van der Waals surface area contributed by atoms with E-state index in [-0.39, 0.29) is 5.91 Å². The van der Waals surface area contributed by atoms with Gasteiger partial charge in [0.25, 0.3) is 0 Å². The number of para-hydroxylation sites is 1. The number of nitrogens with one attached hydrogen (secondary N) is 1. The molecule has 1 fully saturated rings. The van der Waals surface area contributed by atoms with Gasteiger partial charge in [0.15, 0.2) is 5.16 Å². The number of anilines is 2. The van der Waals surface area contributed by atoms with Crippen molar-refractivity contribution >= 4 is 52.5 Å². The molecule has 3 rings (SSSR count). The first kappa shape index (κ1) is 20.3. The summed E-state index contributed by atoms with van der Waals surface area (Å²) >= 11 is 13.7. The van der Waals surface area contributed by atoms with Crippen LogP contribution in [0.25, 0.3) is 0 Å². The van der Waals surface area contributed by atoms with Crippen LogP contribution in [0, 0.1) is 0 Å². The SMILES string of the molecule is CCn1c(SCCC(=O)Nc2c(Cl)cccc2Cl)nnc1N1CCOCC1. The average Bonchev–Trinajstić information content (AvgIpc) is 3.08. The molecule has 2 aromatic rings. The van der Waals surface area contributed by atoms with E-state index in [0.29, 0.717) is 41.1 Å². The molecule has 2 heterocycles. The molecule has 7 nitrogen and oxygen atoms in total. The predicted octanol–water partition coefficient (Wildman–Crippen LogP) is 3.56. The van der Waals surface area contributed by atoms with Gasteiger partial charge in [0, 0.05) is 31.8 Å². The van der Waals surface area contributed by atoms with Gasteiger partial charge >= 0.3 is 0 Å². The Labute approximate surface area is 172 Å². The maximum atomic E-state index is 12.2. The summed E-state index contributed by atoms with van der Waals surface area (Å²) < 4.78 is 7.46. The van der Waals surface area contributed by atoms with E-state index in [1.54, 1.807) is 18.2 Å². The van der Waals surface area contributed by atoms with E-state index in [1.165, 1.54) is 11.8 Å². The van der Waals surface area contributed by atoms with Gasteiger partial charge in [0.2, 0.25) is 11.9 Å². The summed E-state index contributed by atoms with van der Waals surface area (Å²) in [5.74, 6) is 1.29. The lowest BCUT2D eigenvalue weighted by Crippen LogP contribution is -2.38. The van der Waals surface area contributed by atoms with Crippen LogP contribution in [0.4, 0.5) is 11.6 Å². The third kappa shape index (κ3) is 5.07. The van der Waals surface area contributed by atoms with Gasteiger partial charge in [0.05, 0.1) is 28.9 Å². The number of rotatable bonds is 7. The van der Waals surface area contributed by atoms with Gasteiger partial charge in [-0.2, -0.15) is 0 Å². The molecule has 1 aromatic carbocycles. The van der Waals surface area contributed by atoms with Crippen molar-refractivity contribution in [3.8, 4) is 0 Å². The Morgan fingerprint density at radius 1 is 1.26 bits per heavy atom. The van der Waals surface area contributed by atoms with Gasteiger partial charge in [-0.3, -0.25) is 9.36 Å². The lowest BCUT2D eigenvalue weighted by molar-refractivity contribution is -0.115. The minimum atomic E-state index is -0.145. The monoisotopic (exact) mass is 429 g/mol. The number of ether oxygens (including phenoxy) is 1. The molecule has 1 N–H and O–H groups in total. The Morgan fingerprint density at radius 3 is 2.63 bits per heavy atom. The van der Waals surface area contributed by atoms with Crippen LogP contribution in [0.15, 0.2) is 23.4 Å². The Bertz CT molecular complexity index is 775. The third-order valence-corrected chi connectivity index (χ3v) is 5.69. The van der Waals surface area contributed by atoms with E-state index in [4.69, 9.17) is 27.9 Å². The van der Waals surface area contributed by atoms with Crippen molar-refractivity contribution in [3.05, 3.63) is 28.2 Å².